The van der Waals surface area contributed by atoms with Gasteiger partial charge in [0.15, 0.2) is 0 Å². The number of hydrogen-bond donors (Lipinski definition) is 0. The van der Waals surface area contributed by atoms with E-state index in [0.717, 1.165) is 6.07 Å². The maximum atomic E-state index is 11.4. The molecule has 9 heteroatoms. The summed E-state index contributed by atoms with van der Waals surface area (Å²) in [7, 11) is 0. The Labute approximate surface area is 124 Å². The quantitative estimate of drug-likeness (QED) is 0.628. The van der Waals surface area contributed by atoms with Gasteiger partial charge in [-0.15, -0.1) is 0 Å². The number of anilines is 1. The van der Waals surface area contributed by atoms with Gasteiger partial charge in [-0.05, 0) is 12.1 Å². The fourth-order valence-electron chi connectivity index (χ4n) is 2.59. The van der Waals surface area contributed by atoms with Crippen LogP contribution < -0.4 is 4.90 Å². The summed E-state index contributed by atoms with van der Waals surface area (Å²) in [5.74, 6) is 0. The highest BCUT2D eigenvalue weighted by atomic mass is 16.6. The van der Waals surface area contributed by atoms with Crippen molar-refractivity contribution in [2.24, 2.45) is 0 Å². The third kappa shape index (κ3) is 2.31. The van der Waals surface area contributed by atoms with Gasteiger partial charge in [0.2, 0.25) is 0 Å². The molecule has 2 aromatic rings. The number of non-ortho nitro benzene ring substituents is 1. The third-order valence-corrected chi connectivity index (χ3v) is 3.54. The van der Waals surface area contributed by atoms with Gasteiger partial charge in [0.1, 0.15) is 11.2 Å². The minimum atomic E-state index is -0.625. The summed E-state index contributed by atoms with van der Waals surface area (Å²) >= 11 is 0. The Morgan fingerprint density at radius 2 is 1.82 bits per heavy atom. The second-order valence-electron chi connectivity index (χ2n) is 4.78. The Balaban J connectivity index is 2.32. The highest BCUT2D eigenvalue weighted by molar-refractivity contribution is 6.01. The highest BCUT2D eigenvalue weighted by Crippen LogP contribution is 2.40. The molecule has 1 aliphatic heterocycles. The van der Waals surface area contributed by atoms with Gasteiger partial charge in [0.25, 0.3) is 5.69 Å². The Morgan fingerprint density at radius 1 is 1.14 bits per heavy atom. The predicted octanol–water partition coefficient (Wildman–Crippen LogP) is 1.89. The summed E-state index contributed by atoms with van der Waals surface area (Å²) in [6, 6.07) is 4.13. The maximum Gasteiger partial charge on any atom is 0.301 e. The van der Waals surface area contributed by atoms with Gasteiger partial charge in [0, 0.05) is 19.3 Å². The van der Waals surface area contributed by atoms with Crippen molar-refractivity contribution in [2.75, 3.05) is 31.2 Å². The zero-order chi connectivity index (χ0) is 15.7. The molecule has 0 radical (unpaired) electrons. The van der Waals surface area contributed by atoms with Crippen molar-refractivity contribution in [1.82, 2.24) is 4.98 Å². The summed E-state index contributed by atoms with van der Waals surface area (Å²) in [6.07, 6.45) is 1.47. The molecule has 114 valence electrons. The first kappa shape index (κ1) is 14.1. The molecule has 1 aliphatic rings. The summed E-state index contributed by atoms with van der Waals surface area (Å²) in [5, 5.41) is 22.9. The third-order valence-electron chi connectivity index (χ3n) is 3.54. The number of pyridine rings is 1. The topological polar surface area (TPSA) is 112 Å². The molecule has 0 bridgehead atoms. The molecule has 1 aromatic heterocycles. The van der Waals surface area contributed by atoms with Crippen molar-refractivity contribution < 1.29 is 14.6 Å². The van der Waals surface area contributed by atoms with Crippen LogP contribution >= 0.6 is 0 Å². The molecule has 0 unspecified atom stereocenters. The summed E-state index contributed by atoms with van der Waals surface area (Å²) in [4.78, 5) is 27.3. The Morgan fingerprint density at radius 3 is 2.45 bits per heavy atom. The van der Waals surface area contributed by atoms with Crippen molar-refractivity contribution in [1.29, 1.82) is 0 Å². The first-order valence-corrected chi connectivity index (χ1v) is 6.63. The van der Waals surface area contributed by atoms with Crippen LogP contribution in [0.25, 0.3) is 10.9 Å². The number of aromatic nitrogens is 1. The maximum absolute atomic E-state index is 11.4. The van der Waals surface area contributed by atoms with E-state index in [4.69, 9.17) is 4.74 Å². The molecular formula is C13H12N4O5. The Bertz CT molecular complexity index is 757. The summed E-state index contributed by atoms with van der Waals surface area (Å²) < 4.78 is 5.26. The number of hydrogen-bond acceptors (Lipinski definition) is 7. The zero-order valence-corrected chi connectivity index (χ0v) is 11.5. The molecule has 2 heterocycles. The predicted molar refractivity (Wildman–Crippen MR) is 78.1 cm³/mol. The van der Waals surface area contributed by atoms with Gasteiger partial charge in [-0.2, -0.15) is 0 Å². The van der Waals surface area contributed by atoms with E-state index in [2.05, 4.69) is 4.98 Å². The number of benzene rings is 1. The van der Waals surface area contributed by atoms with Gasteiger partial charge in [0.05, 0.1) is 34.5 Å². The van der Waals surface area contributed by atoms with E-state index >= 15 is 0 Å². The Hall–Kier alpha value is -2.81. The number of nitro benzene ring substituents is 2. The Kier molecular flexibility index (Phi) is 3.55. The lowest BCUT2D eigenvalue weighted by atomic mass is 10.1. The fraction of sp³-hybridized carbons (Fsp3) is 0.308. The standard InChI is InChI=1S/C13H12N4O5/c18-16(19)10-8-11(17(20)21)13(15-4-6-22-7-5-15)12-9(10)2-1-3-14-12/h1-3,8H,4-7H2. The van der Waals surface area contributed by atoms with E-state index in [-0.39, 0.29) is 16.9 Å². The SMILES string of the molecule is O=[N+]([O-])c1cc([N+](=O)[O-])c2cccnc2c1N1CCOCC1. The molecule has 22 heavy (non-hydrogen) atoms. The smallest absolute Gasteiger partial charge is 0.301 e. The van der Waals surface area contributed by atoms with Gasteiger partial charge >= 0.3 is 5.69 Å². The minimum Gasteiger partial charge on any atom is -0.378 e. The van der Waals surface area contributed by atoms with Crippen molar-refractivity contribution in [3.8, 4) is 0 Å². The lowest BCUT2D eigenvalue weighted by molar-refractivity contribution is -0.392. The van der Waals surface area contributed by atoms with Crippen LogP contribution in [0.5, 0.6) is 0 Å². The van der Waals surface area contributed by atoms with E-state index in [1.165, 1.54) is 6.20 Å². The van der Waals surface area contributed by atoms with Crippen molar-refractivity contribution in [2.45, 2.75) is 0 Å². The molecule has 0 aliphatic carbocycles. The minimum absolute atomic E-state index is 0.269. The van der Waals surface area contributed by atoms with Crippen molar-refractivity contribution >= 4 is 28.0 Å². The summed E-state index contributed by atoms with van der Waals surface area (Å²) in [6.45, 7) is 1.85. The molecular weight excluding hydrogens is 292 g/mol. The number of ether oxygens (including phenoxy) is 1. The van der Waals surface area contributed by atoms with E-state index in [0.29, 0.717) is 37.4 Å². The van der Waals surface area contributed by atoms with E-state index < -0.39 is 9.85 Å². The van der Waals surface area contributed by atoms with Gasteiger partial charge in [-0.1, -0.05) is 0 Å². The summed E-state index contributed by atoms with van der Waals surface area (Å²) in [5.41, 5.74) is -0.0357. The average Bonchev–Trinajstić information content (AvgIpc) is 2.53. The first-order chi connectivity index (χ1) is 10.6. The second kappa shape index (κ2) is 5.53. The molecule has 1 aromatic carbocycles. The fourth-order valence-corrected chi connectivity index (χ4v) is 2.59. The van der Waals surface area contributed by atoms with Crippen LogP contribution in [0, 0.1) is 20.2 Å². The molecule has 3 rings (SSSR count). The molecule has 0 saturated carbocycles. The van der Waals surface area contributed by atoms with Crippen molar-refractivity contribution in [3.63, 3.8) is 0 Å². The normalized spacial score (nSPS) is 15.0. The molecule has 0 atom stereocenters. The molecule has 0 amide bonds. The number of fused-ring (bicyclic) bond motifs is 1. The molecule has 1 fully saturated rings. The largest absolute Gasteiger partial charge is 0.378 e. The lowest BCUT2D eigenvalue weighted by Crippen LogP contribution is -2.36. The van der Waals surface area contributed by atoms with Crippen LogP contribution in [-0.4, -0.2) is 41.1 Å². The van der Waals surface area contributed by atoms with Gasteiger partial charge < -0.3 is 9.64 Å². The van der Waals surface area contributed by atoms with Crippen LogP contribution in [0.4, 0.5) is 17.1 Å². The second-order valence-corrected chi connectivity index (χ2v) is 4.78. The van der Waals surface area contributed by atoms with Crippen LogP contribution in [0.1, 0.15) is 0 Å². The van der Waals surface area contributed by atoms with Gasteiger partial charge in [-0.3, -0.25) is 25.2 Å². The van der Waals surface area contributed by atoms with E-state index in [1.807, 2.05) is 0 Å². The van der Waals surface area contributed by atoms with Crippen molar-refractivity contribution in [3.05, 3.63) is 44.6 Å². The molecule has 0 spiro atoms. The van der Waals surface area contributed by atoms with Gasteiger partial charge in [-0.25, -0.2) is 0 Å². The first-order valence-electron chi connectivity index (χ1n) is 6.63. The van der Waals surface area contributed by atoms with Crippen LogP contribution in [0.2, 0.25) is 0 Å². The number of morpholine rings is 1. The average molecular weight is 304 g/mol. The highest BCUT2D eigenvalue weighted by Gasteiger charge is 2.30. The number of nitrogens with zero attached hydrogens (tertiary/aromatic N) is 4. The van der Waals surface area contributed by atoms with Crippen LogP contribution in [-0.2, 0) is 4.74 Å². The molecule has 0 N–H and O–H groups in total. The molecule has 1 saturated heterocycles. The monoisotopic (exact) mass is 304 g/mol. The van der Waals surface area contributed by atoms with E-state index in [1.54, 1.807) is 17.0 Å². The lowest BCUT2D eigenvalue weighted by Gasteiger charge is -2.28. The number of nitro groups is 2. The molecule has 9 nitrogen and oxygen atoms in total. The van der Waals surface area contributed by atoms with E-state index in [9.17, 15) is 20.2 Å². The van der Waals surface area contributed by atoms with Crippen LogP contribution in [0.3, 0.4) is 0 Å². The zero-order valence-electron chi connectivity index (χ0n) is 11.5. The number of rotatable bonds is 3. The van der Waals surface area contributed by atoms with Crippen LogP contribution in [0.15, 0.2) is 24.4 Å².